The molecule has 5 aromatic rings. The van der Waals surface area contributed by atoms with E-state index in [4.69, 9.17) is 29.7 Å². The van der Waals surface area contributed by atoms with Crippen molar-refractivity contribution in [2.24, 2.45) is 0 Å². The van der Waals surface area contributed by atoms with Gasteiger partial charge in [-0.3, -0.25) is 4.79 Å². The molecule has 0 bridgehead atoms. The second-order valence-corrected chi connectivity index (χ2v) is 10.7. The van der Waals surface area contributed by atoms with Crippen LogP contribution in [-0.2, 0) is 4.79 Å². The van der Waals surface area contributed by atoms with Crippen molar-refractivity contribution in [3.8, 4) is 44.1 Å². The molecule has 2 heterocycles. The van der Waals surface area contributed by atoms with Crippen molar-refractivity contribution in [2.75, 3.05) is 44.3 Å². The lowest BCUT2D eigenvalue weighted by atomic mass is 10.1. The number of benzene rings is 3. The van der Waals surface area contributed by atoms with Crippen LogP contribution in [0.4, 0.5) is 22.3 Å². The highest BCUT2D eigenvalue weighted by molar-refractivity contribution is 7.23. The topological polar surface area (TPSA) is 130 Å². The van der Waals surface area contributed by atoms with Gasteiger partial charge in [0.2, 0.25) is 11.7 Å². The third-order valence-corrected chi connectivity index (χ3v) is 8.03. The molecule has 0 aliphatic rings. The highest BCUT2D eigenvalue weighted by Gasteiger charge is 2.18. The molecule has 10 nitrogen and oxygen atoms in total. The van der Waals surface area contributed by atoms with Gasteiger partial charge in [0.05, 0.1) is 40.1 Å². The van der Waals surface area contributed by atoms with Gasteiger partial charge in [-0.15, -0.1) is 11.3 Å². The number of carbonyl (C=O) groups is 1. The van der Waals surface area contributed by atoms with E-state index in [0.717, 1.165) is 26.9 Å². The van der Waals surface area contributed by atoms with Crippen LogP contribution in [-0.4, -0.2) is 43.8 Å². The molecule has 5 rings (SSSR count). The van der Waals surface area contributed by atoms with E-state index in [2.05, 4.69) is 15.6 Å². The minimum Gasteiger partial charge on any atom is -0.493 e. The number of hydrogen-bond acceptors (Lipinski definition) is 11. The minimum atomic E-state index is -0.133. The molecule has 42 heavy (non-hydrogen) atoms. The number of para-hydroxylation sites is 1. The Bertz CT molecular complexity index is 1650. The number of aromatic nitrogens is 2. The molecule has 0 saturated carbocycles. The molecule has 3 aromatic carbocycles. The normalized spacial score (nSPS) is 10.6. The highest BCUT2D eigenvalue weighted by atomic mass is 32.1. The van der Waals surface area contributed by atoms with E-state index >= 15 is 0 Å². The first kappa shape index (κ1) is 28.7. The number of thiazole rings is 2. The van der Waals surface area contributed by atoms with Gasteiger partial charge in [0.15, 0.2) is 16.6 Å². The number of rotatable bonds is 12. The Hall–Kier alpha value is -4.81. The summed E-state index contributed by atoms with van der Waals surface area (Å²) >= 11 is 2.86. The van der Waals surface area contributed by atoms with Crippen LogP contribution in [0.5, 0.6) is 23.0 Å². The van der Waals surface area contributed by atoms with Crippen molar-refractivity contribution < 1.29 is 23.7 Å². The lowest BCUT2D eigenvalue weighted by molar-refractivity contribution is -0.116. The van der Waals surface area contributed by atoms with Crippen molar-refractivity contribution in [1.29, 1.82) is 0 Å². The second-order valence-electron chi connectivity index (χ2n) is 8.85. The molecule has 0 spiro atoms. The number of carbonyl (C=O) groups excluding carboxylic acids is 1. The Morgan fingerprint density at radius 2 is 1.67 bits per heavy atom. The molecule has 4 N–H and O–H groups in total. The van der Waals surface area contributed by atoms with Crippen LogP contribution in [0.1, 0.15) is 6.42 Å². The number of nitrogens with one attached hydrogen (secondary N) is 2. The predicted molar refractivity (Wildman–Crippen MR) is 168 cm³/mol. The van der Waals surface area contributed by atoms with Gasteiger partial charge in [0.1, 0.15) is 21.5 Å². The first-order chi connectivity index (χ1) is 20.5. The quantitative estimate of drug-likeness (QED) is 0.143. The summed E-state index contributed by atoms with van der Waals surface area (Å²) in [6, 6.07) is 20.6. The van der Waals surface area contributed by atoms with E-state index in [0.29, 0.717) is 39.6 Å². The van der Waals surface area contributed by atoms with E-state index in [1.807, 2.05) is 60.0 Å². The van der Waals surface area contributed by atoms with Gasteiger partial charge in [-0.1, -0.05) is 41.7 Å². The van der Waals surface area contributed by atoms with E-state index in [9.17, 15) is 4.79 Å². The monoisotopic (exact) mass is 603 g/mol. The number of anilines is 4. The van der Waals surface area contributed by atoms with Crippen LogP contribution in [0, 0.1) is 0 Å². The maximum Gasteiger partial charge on any atom is 0.227 e. The summed E-state index contributed by atoms with van der Waals surface area (Å²) in [5, 5.41) is 9.48. The molecule has 0 saturated heterocycles. The average Bonchev–Trinajstić information content (AvgIpc) is 3.63. The van der Waals surface area contributed by atoms with Crippen molar-refractivity contribution in [1.82, 2.24) is 9.97 Å². The summed E-state index contributed by atoms with van der Waals surface area (Å²) in [4.78, 5) is 22.5. The maximum atomic E-state index is 12.5. The molecule has 2 aromatic heterocycles. The van der Waals surface area contributed by atoms with Gasteiger partial charge in [-0.2, -0.15) is 0 Å². The van der Waals surface area contributed by atoms with Crippen LogP contribution >= 0.6 is 22.7 Å². The van der Waals surface area contributed by atoms with Crippen molar-refractivity contribution in [3.05, 3.63) is 72.1 Å². The van der Waals surface area contributed by atoms with E-state index < -0.39 is 0 Å². The Kier molecular flexibility index (Phi) is 9.05. The minimum absolute atomic E-state index is 0.133. The number of nitrogens with two attached hydrogens (primary N) is 1. The van der Waals surface area contributed by atoms with Gasteiger partial charge in [0.25, 0.3) is 0 Å². The van der Waals surface area contributed by atoms with Crippen LogP contribution in [0.25, 0.3) is 21.1 Å². The number of hydrogen-bond donors (Lipinski definition) is 3. The Labute approximate surface area is 251 Å². The van der Waals surface area contributed by atoms with Crippen LogP contribution in [0.3, 0.4) is 0 Å². The van der Waals surface area contributed by atoms with Gasteiger partial charge < -0.3 is 35.3 Å². The number of ether oxygens (including phenoxy) is 4. The van der Waals surface area contributed by atoms with Gasteiger partial charge in [-0.25, -0.2) is 9.97 Å². The van der Waals surface area contributed by atoms with Gasteiger partial charge in [0, 0.05) is 34.5 Å². The zero-order valence-electron chi connectivity index (χ0n) is 23.2. The number of methoxy groups -OCH3 is 3. The zero-order chi connectivity index (χ0) is 29.5. The fraction of sp³-hybridized carbons (Fsp3) is 0.167. The average molecular weight is 604 g/mol. The second kappa shape index (κ2) is 13.2. The smallest absolute Gasteiger partial charge is 0.227 e. The number of amides is 1. The Balaban J connectivity index is 1.26. The fourth-order valence-electron chi connectivity index (χ4n) is 4.08. The summed E-state index contributed by atoms with van der Waals surface area (Å²) < 4.78 is 21.9. The zero-order valence-corrected chi connectivity index (χ0v) is 24.8. The third-order valence-electron chi connectivity index (χ3n) is 6.05. The standard InChI is InChI=1S/C30H29N5O5S2/c1-37-23-15-20(16-24(38-2)26(23)39-3)33-30-35-28(31)27(42-30)29-34-22(17-41-29)18-8-7-9-19(14-18)32-25(36)12-13-40-21-10-5-4-6-11-21/h4-11,14-17H,12-13,31H2,1-3H3,(H,32,36)(H,33,35). The molecule has 1 amide bonds. The molecular formula is C30H29N5O5S2. The summed E-state index contributed by atoms with van der Waals surface area (Å²) in [7, 11) is 4.68. The fourth-order valence-corrected chi connectivity index (χ4v) is 5.92. The molecule has 0 aliphatic heterocycles. The van der Waals surface area contributed by atoms with Gasteiger partial charge in [-0.05, 0) is 24.3 Å². The summed E-state index contributed by atoms with van der Waals surface area (Å²) in [5.41, 5.74) is 9.31. The Morgan fingerprint density at radius 1 is 0.905 bits per heavy atom. The number of nitrogen functional groups attached to an aromatic ring is 1. The van der Waals surface area contributed by atoms with Crippen LogP contribution in [0.2, 0.25) is 0 Å². The predicted octanol–water partition coefficient (Wildman–Crippen LogP) is 6.69. The highest BCUT2D eigenvalue weighted by Crippen LogP contribution is 2.43. The molecule has 216 valence electrons. The largest absolute Gasteiger partial charge is 0.493 e. The van der Waals surface area contributed by atoms with E-state index in [-0.39, 0.29) is 18.9 Å². The first-order valence-electron chi connectivity index (χ1n) is 12.8. The van der Waals surface area contributed by atoms with Crippen molar-refractivity contribution in [2.45, 2.75) is 6.42 Å². The first-order valence-corrected chi connectivity index (χ1v) is 14.5. The van der Waals surface area contributed by atoms with Crippen LogP contribution in [0.15, 0.2) is 72.1 Å². The maximum absolute atomic E-state index is 12.5. The van der Waals surface area contributed by atoms with Crippen LogP contribution < -0.4 is 35.3 Å². The molecule has 0 atom stereocenters. The van der Waals surface area contributed by atoms with Crippen molar-refractivity contribution >= 4 is 50.9 Å². The SMILES string of the molecule is COc1cc(Nc2nc(N)c(-c3nc(-c4cccc(NC(=O)CCOc5ccccc5)c4)cs3)s2)cc(OC)c1OC. The molecule has 0 fully saturated rings. The third kappa shape index (κ3) is 6.73. The molecule has 0 radical (unpaired) electrons. The molecule has 12 heteroatoms. The molecule has 0 unspecified atom stereocenters. The summed E-state index contributed by atoms with van der Waals surface area (Å²) in [6.07, 6.45) is 0.233. The summed E-state index contributed by atoms with van der Waals surface area (Å²) in [5.74, 6) is 2.51. The van der Waals surface area contributed by atoms with Gasteiger partial charge >= 0.3 is 0 Å². The summed E-state index contributed by atoms with van der Waals surface area (Å²) in [6.45, 7) is 0.289. The lowest BCUT2D eigenvalue weighted by Gasteiger charge is -2.14. The van der Waals surface area contributed by atoms with Crippen molar-refractivity contribution in [3.63, 3.8) is 0 Å². The van der Waals surface area contributed by atoms with E-state index in [1.165, 1.54) is 22.7 Å². The lowest BCUT2D eigenvalue weighted by Crippen LogP contribution is -2.15. The molecule has 0 aliphatic carbocycles. The van der Waals surface area contributed by atoms with E-state index in [1.54, 1.807) is 33.5 Å². The Morgan fingerprint density at radius 3 is 2.38 bits per heavy atom. The molecular weight excluding hydrogens is 574 g/mol. The number of nitrogens with zero attached hydrogens (tertiary/aromatic N) is 2.